The Labute approximate surface area is 170 Å². The van der Waals surface area contributed by atoms with Crippen LogP contribution in [0.5, 0.6) is 0 Å². The highest BCUT2D eigenvalue weighted by atomic mass is 35.5. The summed E-state index contributed by atoms with van der Waals surface area (Å²) < 4.78 is 2.28. The molecule has 5 nitrogen and oxygen atoms in total. The van der Waals surface area contributed by atoms with Crippen LogP contribution in [0.1, 0.15) is 37.2 Å². The lowest BCUT2D eigenvalue weighted by atomic mass is 10.2. The van der Waals surface area contributed by atoms with Crippen molar-refractivity contribution in [2.24, 2.45) is 0 Å². The summed E-state index contributed by atoms with van der Waals surface area (Å²) in [5, 5.41) is 3.67. The number of halogens is 1. The van der Waals surface area contributed by atoms with E-state index in [0.717, 1.165) is 54.0 Å². The maximum absolute atomic E-state index is 12.7. The van der Waals surface area contributed by atoms with Crippen LogP contribution < -0.4 is 5.32 Å². The van der Waals surface area contributed by atoms with Gasteiger partial charge in [-0.25, -0.2) is 4.98 Å². The quantitative estimate of drug-likeness (QED) is 0.674. The fourth-order valence-corrected chi connectivity index (χ4v) is 4.28. The summed E-state index contributed by atoms with van der Waals surface area (Å²) >= 11 is 6.17. The predicted molar refractivity (Wildman–Crippen MR) is 114 cm³/mol. The maximum Gasteiger partial charge on any atom is 0.238 e. The highest BCUT2D eigenvalue weighted by Crippen LogP contribution is 2.33. The van der Waals surface area contributed by atoms with Crippen LogP contribution in [0.2, 0.25) is 5.02 Å². The van der Waals surface area contributed by atoms with Crippen LogP contribution in [0.25, 0.3) is 11.0 Å². The number of nitrogens with zero attached hydrogens (tertiary/aromatic N) is 3. The molecule has 1 fully saturated rings. The minimum atomic E-state index is -0.0172. The van der Waals surface area contributed by atoms with Gasteiger partial charge in [-0.3, -0.25) is 9.69 Å². The lowest BCUT2D eigenvalue weighted by Gasteiger charge is -2.24. The van der Waals surface area contributed by atoms with Crippen LogP contribution in [0.3, 0.4) is 0 Å². The first-order valence-electron chi connectivity index (χ1n) is 9.82. The van der Waals surface area contributed by atoms with Crippen molar-refractivity contribution in [1.29, 1.82) is 0 Å². The minimum Gasteiger partial charge on any atom is -0.327 e. The van der Waals surface area contributed by atoms with Gasteiger partial charge in [0.2, 0.25) is 5.91 Å². The van der Waals surface area contributed by atoms with E-state index in [0.29, 0.717) is 11.6 Å². The zero-order valence-corrected chi connectivity index (χ0v) is 17.0. The van der Waals surface area contributed by atoms with Gasteiger partial charge >= 0.3 is 0 Å². The van der Waals surface area contributed by atoms with E-state index < -0.39 is 0 Å². The summed E-state index contributed by atoms with van der Waals surface area (Å²) in [4.78, 5) is 19.9. The molecule has 1 aliphatic heterocycles. The fourth-order valence-electron chi connectivity index (χ4n) is 4.11. The molecule has 2 aromatic carbocycles. The molecule has 1 aromatic heterocycles. The third-order valence-corrected chi connectivity index (χ3v) is 5.96. The molecule has 0 spiro atoms. The molecule has 146 valence electrons. The zero-order valence-electron chi connectivity index (χ0n) is 16.3. The highest BCUT2D eigenvalue weighted by molar-refractivity contribution is 6.31. The minimum absolute atomic E-state index is 0.0172. The normalized spacial score (nSPS) is 17.3. The zero-order chi connectivity index (χ0) is 19.7. The number of aromatic nitrogens is 2. The Morgan fingerprint density at radius 3 is 2.89 bits per heavy atom. The van der Waals surface area contributed by atoms with Crippen LogP contribution in [-0.4, -0.2) is 33.4 Å². The molecule has 0 radical (unpaired) electrons. The summed E-state index contributed by atoms with van der Waals surface area (Å²) in [6, 6.07) is 14.0. The van der Waals surface area contributed by atoms with Gasteiger partial charge in [0.05, 0.1) is 23.6 Å². The van der Waals surface area contributed by atoms with Gasteiger partial charge in [0, 0.05) is 17.3 Å². The third-order valence-electron chi connectivity index (χ3n) is 5.55. The van der Waals surface area contributed by atoms with E-state index in [9.17, 15) is 4.79 Å². The Morgan fingerprint density at radius 2 is 2.07 bits per heavy atom. The second kappa shape index (κ2) is 7.94. The second-order valence-corrected chi connectivity index (χ2v) is 7.70. The number of anilines is 1. The number of nitrogens with one attached hydrogen (secondary N) is 1. The number of rotatable bonds is 5. The van der Waals surface area contributed by atoms with Crippen LogP contribution in [0.15, 0.2) is 42.5 Å². The van der Waals surface area contributed by atoms with Crippen molar-refractivity contribution in [3.63, 3.8) is 0 Å². The van der Waals surface area contributed by atoms with Crippen molar-refractivity contribution in [2.45, 2.75) is 39.3 Å². The van der Waals surface area contributed by atoms with E-state index >= 15 is 0 Å². The molecule has 1 unspecified atom stereocenters. The summed E-state index contributed by atoms with van der Waals surface area (Å²) in [6.45, 7) is 6.18. The monoisotopic (exact) mass is 396 g/mol. The largest absolute Gasteiger partial charge is 0.327 e. The molecule has 6 heteroatoms. The standard InChI is InChI=1S/C22H25ClN4O/c1-3-27-19-11-5-4-9-18(19)25-22(27)20-12-7-13-26(20)14-21(28)24-17-10-6-8-16(23)15(17)2/h4-6,8-11,20H,3,7,12-14H2,1-2H3,(H,24,28). The average Bonchev–Trinajstić information content (AvgIpc) is 3.28. The number of para-hydroxylation sites is 2. The summed E-state index contributed by atoms with van der Waals surface area (Å²) in [6.07, 6.45) is 2.09. The van der Waals surface area contributed by atoms with E-state index in [1.165, 1.54) is 0 Å². The van der Waals surface area contributed by atoms with Crippen molar-refractivity contribution in [3.8, 4) is 0 Å². The van der Waals surface area contributed by atoms with Gasteiger partial charge in [-0.2, -0.15) is 0 Å². The molecule has 4 rings (SSSR count). The maximum atomic E-state index is 12.7. The van der Waals surface area contributed by atoms with Gasteiger partial charge in [-0.15, -0.1) is 0 Å². The van der Waals surface area contributed by atoms with Gasteiger partial charge in [0.1, 0.15) is 5.82 Å². The summed E-state index contributed by atoms with van der Waals surface area (Å²) in [5.74, 6) is 1.05. The van der Waals surface area contributed by atoms with Crippen LogP contribution in [-0.2, 0) is 11.3 Å². The third kappa shape index (κ3) is 3.52. The lowest BCUT2D eigenvalue weighted by molar-refractivity contribution is -0.117. The fraction of sp³-hybridized carbons (Fsp3) is 0.364. The number of carbonyl (C=O) groups excluding carboxylic acids is 1. The Morgan fingerprint density at radius 1 is 1.25 bits per heavy atom. The molecule has 1 atom stereocenters. The van der Waals surface area contributed by atoms with Crippen molar-refractivity contribution >= 4 is 34.2 Å². The van der Waals surface area contributed by atoms with Crippen molar-refractivity contribution in [3.05, 3.63) is 58.9 Å². The SMILES string of the molecule is CCn1c(C2CCCN2CC(=O)Nc2cccc(Cl)c2C)nc2ccccc21. The Balaban J connectivity index is 1.54. The van der Waals surface area contributed by atoms with Gasteiger partial charge < -0.3 is 9.88 Å². The average molecular weight is 397 g/mol. The molecule has 3 aromatic rings. The number of imidazole rings is 1. The van der Waals surface area contributed by atoms with Crippen molar-refractivity contribution < 1.29 is 4.79 Å². The molecular formula is C22H25ClN4O. The van der Waals surface area contributed by atoms with Crippen LogP contribution >= 0.6 is 11.6 Å². The number of amides is 1. The number of aryl methyl sites for hydroxylation is 1. The van der Waals surface area contributed by atoms with E-state index in [1.54, 1.807) is 0 Å². The van der Waals surface area contributed by atoms with Gasteiger partial charge in [0.25, 0.3) is 0 Å². The molecule has 1 amide bonds. The molecule has 1 aliphatic rings. The summed E-state index contributed by atoms with van der Waals surface area (Å²) in [5.41, 5.74) is 3.84. The number of benzene rings is 2. The first-order chi connectivity index (χ1) is 13.6. The predicted octanol–water partition coefficient (Wildman–Crippen LogP) is 4.79. The number of hydrogen-bond acceptors (Lipinski definition) is 3. The van der Waals surface area contributed by atoms with E-state index in [1.807, 2.05) is 37.3 Å². The Kier molecular flexibility index (Phi) is 5.38. The smallest absolute Gasteiger partial charge is 0.238 e. The van der Waals surface area contributed by atoms with E-state index in [-0.39, 0.29) is 11.9 Å². The molecule has 0 aliphatic carbocycles. The van der Waals surface area contributed by atoms with Crippen molar-refractivity contribution in [2.75, 3.05) is 18.4 Å². The van der Waals surface area contributed by atoms with Crippen LogP contribution in [0, 0.1) is 6.92 Å². The number of fused-ring (bicyclic) bond motifs is 1. The van der Waals surface area contributed by atoms with Gasteiger partial charge in [-0.05, 0) is 63.1 Å². The van der Waals surface area contributed by atoms with E-state index in [2.05, 4.69) is 33.8 Å². The molecule has 0 bridgehead atoms. The molecule has 2 heterocycles. The van der Waals surface area contributed by atoms with Gasteiger partial charge in [0.15, 0.2) is 0 Å². The number of carbonyl (C=O) groups is 1. The molecule has 28 heavy (non-hydrogen) atoms. The first kappa shape index (κ1) is 19.0. The topological polar surface area (TPSA) is 50.2 Å². The molecular weight excluding hydrogens is 372 g/mol. The van der Waals surface area contributed by atoms with Gasteiger partial charge in [-0.1, -0.05) is 29.8 Å². The lowest BCUT2D eigenvalue weighted by Crippen LogP contribution is -2.34. The highest BCUT2D eigenvalue weighted by Gasteiger charge is 2.31. The Hall–Kier alpha value is -2.37. The first-order valence-corrected chi connectivity index (χ1v) is 10.2. The van der Waals surface area contributed by atoms with E-state index in [4.69, 9.17) is 16.6 Å². The van der Waals surface area contributed by atoms with Crippen molar-refractivity contribution in [1.82, 2.24) is 14.5 Å². The second-order valence-electron chi connectivity index (χ2n) is 7.29. The molecule has 1 saturated heterocycles. The summed E-state index contributed by atoms with van der Waals surface area (Å²) in [7, 11) is 0. The number of likely N-dealkylation sites (tertiary alicyclic amines) is 1. The molecule has 1 N–H and O–H groups in total. The Bertz CT molecular complexity index is 1010. The number of hydrogen-bond donors (Lipinski definition) is 1. The molecule has 0 saturated carbocycles. The van der Waals surface area contributed by atoms with Crippen LogP contribution in [0.4, 0.5) is 5.69 Å².